The highest BCUT2D eigenvalue weighted by molar-refractivity contribution is 5.95. The third-order valence-corrected chi connectivity index (χ3v) is 5.09. The Morgan fingerprint density at radius 3 is 3.00 bits per heavy atom. The minimum Gasteiger partial charge on any atom is -0.378 e. The van der Waals surface area contributed by atoms with Crippen LogP contribution in [0.5, 0.6) is 0 Å². The molecule has 1 amide bonds. The molecule has 3 aromatic rings. The number of fused-ring (bicyclic) bond motifs is 1. The highest BCUT2D eigenvalue weighted by Gasteiger charge is 2.28. The van der Waals surface area contributed by atoms with E-state index < -0.39 is 0 Å². The molecule has 0 saturated carbocycles. The van der Waals surface area contributed by atoms with E-state index in [0.29, 0.717) is 6.54 Å². The lowest BCUT2D eigenvalue weighted by atomic mass is 9.92. The molecular formula is C20H23N5O. The summed E-state index contributed by atoms with van der Waals surface area (Å²) in [5, 5.41) is 8.51. The van der Waals surface area contributed by atoms with Crippen LogP contribution < -0.4 is 4.90 Å². The molecule has 0 unspecified atom stereocenters. The van der Waals surface area contributed by atoms with Crippen molar-refractivity contribution in [2.45, 2.75) is 18.8 Å². The van der Waals surface area contributed by atoms with Crippen molar-refractivity contribution in [3.8, 4) is 0 Å². The quantitative estimate of drug-likeness (QED) is 0.789. The van der Waals surface area contributed by atoms with Crippen LogP contribution in [0, 0.1) is 0 Å². The molecule has 0 radical (unpaired) electrons. The molecule has 0 spiro atoms. The Morgan fingerprint density at radius 1 is 1.27 bits per heavy atom. The van der Waals surface area contributed by atoms with Crippen LogP contribution in [0.2, 0.25) is 0 Å². The molecule has 134 valence electrons. The summed E-state index contributed by atoms with van der Waals surface area (Å²) in [6, 6.07) is 11.8. The number of hydrogen-bond acceptors (Lipinski definition) is 4. The number of benzene rings is 1. The molecule has 26 heavy (non-hydrogen) atoms. The SMILES string of the molecule is CN(C)c1cccc(C(=O)N2CCC[C@@H](c3[nH]nc4ncccc34)C2)c1. The monoisotopic (exact) mass is 349 g/mol. The van der Waals surface area contributed by atoms with E-state index in [0.717, 1.165) is 47.4 Å². The molecule has 1 aliphatic rings. The van der Waals surface area contributed by atoms with E-state index in [4.69, 9.17) is 0 Å². The van der Waals surface area contributed by atoms with E-state index in [1.54, 1.807) is 6.20 Å². The average Bonchev–Trinajstić information content (AvgIpc) is 3.12. The number of anilines is 1. The number of aromatic nitrogens is 3. The molecule has 1 N–H and O–H groups in total. The number of nitrogens with zero attached hydrogens (tertiary/aromatic N) is 4. The predicted octanol–water partition coefficient (Wildman–Crippen LogP) is 3.04. The summed E-state index contributed by atoms with van der Waals surface area (Å²) in [6.45, 7) is 1.50. The molecule has 4 rings (SSSR count). The van der Waals surface area contributed by atoms with E-state index in [2.05, 4.69) is 15.2 Å². The van der Waals surface area contributed by atoms with Crippen LogP contribution in [0.1, 0.15) is 34.8 Å². The van der Waals surface area contributed by atoms with Gasteiger partial charge < -0.3 is 9.80 Å². The van der Waals surface area contributed by atoms with Gasteiger partial charge in [-0.3, -0.25) is 9.89 Å². The van der Waals surface area contributed by atoms with Crippen LogP contribution in [-0.2, 0) is 0 Å². The number of carbonyl (C=O) groups is 1. The molecule has 3 heterocycles. The van der Waals surface area contributed by atoms with E-state index in [1.165, 1.54) is 0 Å². The van der Waals surface area contributed by atoms with Gasteiger partial charge in [0.25, 0.3) is 5.91 Å². The maximum atomic E-state index is 13.0. The number of H-pyrrole nitrogens is 1. The van der Waals surface area contributed by atoms with Crippen molar-refractivity contribution in [1.82, 2.24) is 20.1 Å². The first-order valence-electron chi connectivity index (χ1n) is 8.99. The van der Waals surface area contributed by atoms with E-state index in [1.807, 2.05) is 60.3 Å². The summed E-state index contributed by atoms with van der Waals surface area (Å²) in [6.07, 6.45) is 3.79. The zero-order valence-electron chi connectivity index (χ0n) is 15.1. The van der Waals surface area contributed by atoms with Crippen molar-refractivity contribution in [3.05, 3.63) is 53.9 Å². The van der Waals surface area contributed by atoms with Crippen LogP contribution >= 0.6 is 0 Å². The summed E-state index contributed by atoms with van der Waals surface area (Å²) < 4.78 is 0. The van der Waals surface area contributed by atoms with Gasteiger partial charge in [0.15, 0.2) is 5.65 Å². The van der Waals surface area contributed by atoms with Gasteiger partial charge in [-0.25, -0.2) is 4.98 Å². The highest BCUT2D eigenvalue weighted by atomic mass is 16.2. The van der Waals surface area contributed by atoms with Crippen molar-refractivity contribution in [2.75, 3.05) is 32.1 Å². The van der Waals surface area contributed by atoms with Crippen LogP contribution in [0.4, 0.5) is 5.69 Å². The number of carbonyl (C=O) groups excluding carboxylic acids is 1. The Hall–Kier alpha value is -2.89. The summed E-state index contributed by atoms with van der Waals surface area (Å²) >= 11 is 0. The Balaban J connectivity index is 1.57. The summed E-state index contributed by atoms with van der Waals surface area (Å²) in [5.74, 6) is 0.360. The lowest BCUT2D eigenvalue weighted by molar-refractivity contribution is 0.0706. The number of likely N-dealkylation sites (tertiary alicyclic amines) is 1. The van der Waals surface area contributed by atoms with Crippen LogP contribution in [-0.4, -0.2) is 53.2 Å². The van der Waals surface area contributed by atoms with Gasteiger partial charge in [-0.05, 0) is 43.2 Å². The number of aromatic amines is 1. The minimum atomic E-state index is 0.0975. The van der Waals surface area contributed by atoms with Crippen molar-refractivity contribution in [1.29, 1.82) is 0 Å². The van der Waals surface area contributed by atoms with Crippen molar-refractivity contribution >= 4 is 22.6 Å². The van der Waals surface area contributed by atoms with Gasteiger partial charge in [0.1, 0.15) is 0 Å². The van der Waals surface area contributed by atoms with E-state index in [-0.39, 0.29) is 11.8 Å². The van der Waals surface area contributed by atoms with Gasteiger partial charge in [-0.2, -0.15) is 5.10 Å². The van der Waals surface area contributed by atoms with E-state index in [9.17, 15) is 4.79 Å². The topological polar surface area (TPSA) is 65.1 Å². The Kier molecular flexibility index (Phi) is 4.32. The number of rotatable bonds is 3. The number of piperidine rings is 1. The Morgan fingerprint density at radius 2 is 2.15 bits per heavy atom. The first kappa shape index (κ1) is 16.6. The van der Waals surface area contributed by atoms with Crippen LogP contribution in [0.25, 0.3) is 11.0 Å². The Bertz CT molecular complexity index is 933. The summed E-state index contributed by atoms with van der Waals surface area (Å²) in [4.78, 5) is 21.3. The Labute approximate surface area is 152 Å². The normalized spacial score (nSPS) is 17.5. The third kappa shape index (κ3) is 3.03. The second-order valence-corrected chi connectivity index (χ2v) is 7.05. The molecule has 1 aliphatic heterocycles. The fourth-order valence-corrected chi connectivity index (χ4v) is 3.68. The van der Waals surface area contributed by atoms with Gasteiger partial charge in [-0.1, -0.05) is 6.07 Å². The van der Waals surface area contributed by atoms with Gasteiger partial charge in [0.2, 0.25) is 0 Å². The molecular weight excluding hydrogens is 326 g/mol. The van der Waals surface area contributed by atoms with Crippen molar-refractivity contribution in [3.63, 3.8) is 0 Å². The molecule has 1 atom stereocenters. The van der Waals surface area contributed by atoms with Crippen LogP contribution in [0.3, 0.4) is 0 Å². The first-order chi connectivity index (χ1) is 12.6. The molecule has 6 heteroatoms. The lowest BCUT2D eigenvalue weighted by Crippen LogP contribution is -2.39. The number of amides is 1. The fraction of sp³-hybridized carbons (Fsp3) is 0.350. The van der Waals surface area contributed by atoms with Gasteiger partial charge >= 0.3 is 0 Å². The molecule has 6 nitrogen and oxygen atoms in total. The van der Waals surface area contributed by atoms with Gasteiger partial charge in [0, 0.05) is 61.6 Å². The van der Waals surface area contributed by atoms with Gasteiger partial charge in [-0.15, -0.1) is 0 Å². The number of pyridine rings is 1. The lowest BCUT2D eigenvalue weighted by Gasteiger charge is -2.32. The predicted molar refractivity (Wildman–Crippen MR) is 103 cm³/mol. The summed E-state index contributed by atoms with van der Waals surface area (Å²) in [5.41, 5.74) is 3.61. The van der Waals surface area contributed by atoms with Gasteiger partial charge in [0.05, 0.1) is 0 Å². The van der Waals surface area contributed by atoms with Crippen LogP contribution in [0.15, 0.2) is 42.6 Å². The molecule has 0 bridgehead atoms. The zero-order valence-corrected chi connectivity index (χ0v) is 15.1. The largest absolute Gasteiger partial charge is 0.378 e. The highest BCUT2D eigenvalue weighted by Crippen LogP contribution is 2.30. The van der Waals surface area contributed by atoms with Crippen molar-refractivity contribution in [2.24, 2.45) is 0 Å². The molecule has 1 aromatic carbocycles. The fourth-order valence-electron chi connectivity index (χ4n) is 3.68. The smallest absolute Gasteiger partial charge is 0.253 e. The zero-order chi connectivity index (χ0) is 18.1. The number of hydrogen-bond donors (Lipinski definition) is 1. The number of nitrogens with one attached hydrogen (secondary N) is 1. The first-order valence-corrected chi connectivity index (χ1v) is 8.99. The standard InChI is InChI=1S/C20H23N5O/c1-24(2)16-8-3-6-14(12-16)20(26)25-11-5-7-15(13-25)18-17-9-4-10-21-19(17)23-22-18/h3-4,6,8-10,12,15H,5,7,11,13H2,1-2H3,(H,21,22,23)/t15-/m1/s1. The molecule has 0 aliphatic carbocycles. The second kappa shape index (κ2) is 6.78. The maximum absolute atomic E-state index is 13.0. The summed E-state index contributed by atoms with van der Waals surface area (Å²) in [7, 11) is 3.97. The van der Waals surface area contributed by atoms with Crippen molar-refractivity contribution < 1.29 is 4.79 Å². The van der Waals surface area contributed by atoms with E-state index >= 15 is 0 Å². The molecule has 1 fully saturated rings. The molecule has 1 saturated heterocycles. The minimum absolute atomic E-state index is 0.0975. The molecule has 2 aromatic heterocycles. The maximum Gasteiger partial charge on any atom is 0.253 e. The second-order valence-electron chi connectivity index (χ2n) is 7.05. The third-order valence-electron chi connectivity index (χ3n) is 5.09. The average molecular weight is 349 g/mol.